The van der Waals surface area contributed by atoms with Gasteiger partial charge in [-0.05, 0) is 0 Å². The van der Waals surface area contributed by atoms with Crippen LogP contribution in [-0.4, -0.2) is 25.1 Å². The Morgan fingerprint density at radius 1 is 0.311 bits per heavy atom. The Morgan fingerprint density at radius 2 is 0.533 bits per heavy atom. The first kappa shape index (κ1) is 45.5. The standard InChI is InChI=1S/C43H88OSe/c1-4-7-10-12-14-16-18-20-22-24-26-28-30-32-34-36-38-40-42(43(44)45-41-9-6-3)39-37-35-33-31-29-27-25-23-21-19-17-15-13-11-8-5-2/h42-44H,4-41H2,1-3H3. The maximum atomic E-state index is 11.0. The van der Waals surface area contributed by atoms with Crippen molar-refractivity contribution in [2.24, 2.45) is 5.92 Å². The van der Waals surface area contributed by atoms with Crippen LogP contribution in [0.15, 0.2) is 0 Å². The molecule has 2 unspecified atom stereocenters. The van der Waals surface area contributed by atoms with Crippen molar-refractivity contribution in [3.63, 3.8) is 0 Å². The molecule has 0 aromatic carbocycles. The zero-order valence-electron chi connectivity index (χ0n) is 31.9. The molecule has 0 saturated heterocycles. The average Bonchev–Trinajstić information content (AvgIpc) is 3.05. The van der Waals surface area contributed by atoms with Crippen molar-refractivity contribution >= 4 is 15.0 Å². The SMILES string of the molecule is CCCCCCCCCCCCCCCCCCCC(CCCCCCCCCCCCCCCCCC)C(O)[Se]CCCC. The van der Waals surface area contributed by atoms with E-state index in [1.54, 1.807) is 0 Å². The number of rotatable bonds is 40. The van der Waals surface area contributed by atoms with Crippen LogP contribution in [0.4, 0.5) is 0 Å². The van der Waals surface area contributed by atoms with Gasteiger partial charge in [0.05, 0.1) is 0 Å². The molecule has 0 aliphatic rings. The fourth-order valence-electron chi connectivity index (χ4n) is 7.00. The summed E-state index contributed by atoms with van der Waals surface area (Å²) >= 11 is 0.435. The van der Waals surface area contributed by atoms with Crippen LogP contribution in [0.1, 0.15) is 258 Å². The molecule has 0 radical (unpaired) electrons. The summed E-state index contributed by atoms with van der Waals surface area (Å²) in [7, 11) is 0. The summed E-state index contributed by atoms with van der Waals surface area (Å²) in [6.07, 6.45) is 52.7. The second kappa shape index (κ2) is 40.7. The molecule has 0 bridgehead atoms. The van der Waals surface area contributed by atoms with Crippen LogP contribution in [0.25, 0.3) is 0 Å². The van der Waals surface area contributed by atoms with E-state index >= 15 is 0 Å². The van der Waals surface area contributed by atoms with Crippen LogP contribution in [0.5, 0.6) is 0 Å². The Morgan fingerprint density at radius 3 is 0.778 bits per heavy atom. The summed E-state index contributed by atoms with van der Waals surface area (Å²) in [5, 5.41) is 12.3. The molecule has 2 atom stereocenters. The van der Waals surface area contributed by atoms with E-state index in [9.17, 15) is 5.11 Å². The Bertz CT molecular complexity index is 508. The molecule has 0 aliphatic carbocycles. The van der Waals surface area contributed by atoms with Crippen LogP contribution >= 0.6 is 0 Å². The molecule has 0 aliphatic heterocycles. The van der Waals surface area contributed by atoms with E-state index in [0.29, 0.717) is 20.9 Å². The number of aliphatic hydroxyl groups is 1. The van der Waals surface area contributed by atoms with Gasteiger partial charge in [0.1, 0.15) is 0 Å². The molecular weight excluding hydrogens is 611 g/mol. The maximum absolute atomic E-state index is 11.0. The van der Waals surface area contributed by atoms with Crippen LogP contribution in [0.2, 0.25) is 5.32 Å². The third-order valence-electron chi connectivity index (χ3n) is 10.3. The van der Waals surface area contributed by atoms with E-state index in [4.69, 9.17) is 0 Å². The first-order chi connectivity index (χ1) is 22.3. The van der Waals surface area contributed by atoms with E-state index in [1.807, 2.05) is 0 Å². The van der Waals surface area contributed by atoms with Crippen LogP contribution < -0.4 is 0 Å². The summed E-state index contributed by atoms with van der Waals surface area (Å²) in [6.45, 7) is 6.90. The molecule has 0 fully saturated rings. The molecule has 45 heavy (non-hydrogen) atoms. The Labute approximate surface area is 293 Å². The van der Waals surface area contributed by atoms with Crippen molar-refractivity contribution < 1.29 is 5.11 Å². The fraction of sp³-hybridized carbons (Fsp3) is 1.00. The van der Waals surface area contributed by atoms with Crippen molar-refractivity contribution in [1.82, 2.24) is 0 Å². The average molecular weight is 700 g/mol. The van der Waals surface area contributed by atoms with E-state index in [-0.39, 0.29) is 5.00 Å². The van der Waals surface area contributed by atoms with Gasteiger partial charge in [-0.3, -0.25) is 0 Å². The fourth-order valence-corrected chi connectivity index (χ4v) is 9.60. The predicted molar refractivity (Wildman–Crippen MR) is 208 cm³/mol. The Kier molecular flexibility index (Phi) is 41.1. The molecular formula is C43H88OSe. The second-order valence-corrected chi connectivity index (χ2v) is 17.5. The minimum absolute atomic E-state index is 0.0152. The molecule has 1 N–H and O–H groups in total. The van der Waals surface area contributed by atoms with Gasteiger partial charge in [0.15, 0.2) is 0 Å². The Hall–Kier alpha value is 0.479. The molecule has 1 nitrogen and oxygen atoms in total. The topological polar surface area (TPSA) is 20.2 Å². The zero-order valence-corrected chi connectivity index (χ0v) is 33.6. The van der Waals surface area contributed by atoms with Gasteiger partial charge >= 0.3 is 184 Å². The van der Waals surface area contributed by atoms with Gasteiger partial charge < -0.3 is 0 Å². The normalized spacial score (nSPS) is 13.1. The summed E-state index contributed by atoms with van der Waals surface area (Å²) < 4.78 is 0. The molecule has 0 amide bonds. The molecule has 0 saturated carbocycles. The summed E-state index contributed by atoms with van der Waals surface area (Å²) in [4.78, 5) is 0. The van der Waals surface area contributed by atoms with E-state index in [2.05, 4.69) is 20.8 Å². The van der Waals surface area contributed by atoms with Gasteiger partial charge in [0, 0.05) is 0 Å². The first-order valence-corrected chi connectivity index (χ1v) is 23.8. The summed E-state index contributed by atoms with van der Waals surface area (Å²) in [5.74, 6) is 0.588. The summed E-state index contributed by atoms with van der Waals surface area (Å²) in [6, 6.07) is 0. The van der Waals surface area contributed by atoms with Gasteiger partial charge in [-0.1, -0.05) is 110 Å². The first-order valence-electron chi connectivity index (χ1n) is 21.6. The number of hydrogen-bond acceptors (Lipinski definition) is 1. The predicted octanol–water partition coefficient (Wildman–Crippen LogP) is 15.5. The van der Waals surface area contributed by atoms with E-state index < -0.39 is 0 Å². The molecule has 0 rings (SSSR count). The third-order valence-corrected chi connectivity index (χ3v) is 12.9. The van der Waals surface area contributed by atoms with E-state index in [1.165, 1.54) is 243 Å². The van der Waals surface area contributed by atoms with Crippen molar-refractivity contribution in [2.45, 2.75) is 269 Å². The summed E-state index contributed by atoms with van der Waals surface area (Å²) in [5.41, 5.74) is 0. The molecule has 0 heterocycles. The van der Waals surface area contributed by atoms with Crippen LogP contribution in [0.3, 0.4) is 0 Å². The van der Waals surface area contributed by atoms with Gasteiger partial charge in [0.2, 0.25) is 0 Å². The van der Waals surface area contributed by atoms with Gasteiger partial charge in [-0.15, -0.1) is 0 Å². The molecule has 2 heteroatoms. The van der Waals surface area contributed by atoms with Crippen molar-refractivity contribution in [1.29, 1.82) is 0 Å². The monoisotopic (exact) mass is 701 g/mol. The number of unbranched alkanes of at least 4 members (excludes halogenated alkanes) is 32. The zero-order chi connectivity index (χ0) is 32.7. The third kappa shape index (κ3) is 37.2. The molecule has 0 aromatic heterocycles. The van der Waals surface area contributed by atoms with Gasteiger partial charge in [0.25, 0.3) is 0 Å². The van der Waals surface area contributed by atoms with Crippen LogP contribution in [-0.2, 0) is 0 Å². The van der Waals surface area contributed by atoms with Gasteiger partial charge in [-0.25, -0.2) is 0 Å². The molecule has 0 spiro atoms. The second-order valence-electron chi connectivity index (χ2n) is 14.9. The quantitative estimate of drug-likeness (QED) is 0.0499. The minimum atomic E-state index is 0.0152. The van der Waals surface area contributed by atoms with E-state index in [0.717, 1.165) is 0 Å². The number of aliphatic hydroxyl groups excluding tert-OH is 1. The molecule has 0 aromatic rings. The van der Waals surface area contributed by atoms with Crippen LogP contribution in [0, 0.1) is 5.92 Å². The van der Waals surface area contributed by atoms with Gasteiger partial charge in [-0.2, -0.15) is 0 Å². The molecule has 272 valence electrons. The Balaban J connectivity index is 3.71. The van der Waals surface area contributed by atoms with Crippen molar-refractivity contribution in [3.05, 3.63) is 0 Å². The number of hydrogen-bond donors (Lipinski definition) is 1. The van der Waals surface area contributed by atoms with Crippen molar-refractivity contribution in [3.8, 4) is 0 Å². The van der Waals surface area contributed by atoms with Crippen molar-refractivity contribution in [2.75, 3.05) is 0 Å².